The molecule has 0 heterocycles. The summed E-state index contributed by atoms with van der Waals surface area (Å²) in [5, 5.41) is 5.66. The third kappa shape index (κ3) is 8.80. The van der Waals surface area contributed by atoms with Gasteiger partial charge in [0, 0.05) is 18.2 Å². The van der Waals surface area contributed by atoms with Gasteiger partial charge in [0.2, 0.25) is 11.8 Å². The lowest BCUT2D eigenvalue weighted by atomic mass is 9.95. The number of hydrogen-bond acceptors (Lipinski definition) is 4. The molecule has 0 fully saturated rings. The van der Waals surface area contributed by atoms with Crippen LogP contribution >= 0.6 is 0 Å². The van der Waals surface area contributed by atoms with Gasteiger partial charge in [-0.25, -0.2) is 4.79 Å². The van der Waals surface area contributed by atoms with E-state index in [4.69, 9.17) is 11.2 Å². The number of alkyl carbamates (subject to hydrolysis) is 1. The van der Waals surface area contributed by atoms with E-state index in [-0.39, 0.29) is 17.7 Å². The predicted octanol–water partition coefficient (Wildman–Crippen LogP) is 4.02. The van der Waals surface area contributed by atoms with Crippen LogP contribution in [0, 0.1) is 18.3 Å². The minimum Gasteiger partial charge on any atom is -0.444 e. The second kappa shape index (κ2) is 11.2. The van der Waals surface area contributed by atoms with Crippen molar-refractivity contribution in [2.45, 2.75) is 85.0 Å². The number of hydrogen-bond donors (Lipinski definition) is 2. The molecule has 7 heteroatoms. The monoisotopic (exact) mass is 457 g/mol. The van der Waals surface area contributed by atoms with Gasteiger partial charge in [-0.2, -0.15) is 0 Å². The van der Waals surface area contributed by atoms with Crippen molar-refractivity contribution in [3.8, 4) is 12.3 Å². The minimum atomic E-state index is -0.907. The highest BCUT2D eigenvalue weighted by molar-refractivity contribution is 5.92. The van der Waals surface area contributed by atoms with Gasteiger partial charge in [-0.05, 0) is 65.2 Å². The summed E-state index contributed by atoms with van der Waals surface area (Å²) < 4.78 is 5.36. The van der Waals surface area contributed by atoms with Gasteiger partial charge >= 0.3 is 6.09 Å². The fraction of sp³-hybridized carbons (Fsp3) is 0.577. The topological polar surface area (TPSA) is 87.7 Å². The van der Waals surface area contributed by atoms with Crippen LogP contribution in [0.15, 0.2) is 24.3 Å². The van der Waals surface area contributed by atoms with Crippen molar-refractivity contribution in [2.24, 2.45) is 5.92 Å². The molecular formula is C26H39N3O4. The molecule has 7 nitrogen and oxygen atoms in total. The highest BCUT2D eigenvalue weighted by Gasteiger charge is 2.37. The largest absolute Gasteiger partial charge is 0.444 e. The molecule has 0 aliphatic carbocycles. The zero-order chi connectivity index (χ0) is 25.6. The van der Waals surface area contributed by atoms with Crippen LogP contribution in [0.2, 0.25) is 0 Å². The number of amides is 3. The maximum atomic E-state index is 13.6. The molecule has 1 rings (SSSR count). The third-order valence-electron chi connectivity index (χ3n) is 5.03. The number of ether oxygens (including phenoxy) is 1. The molecule has 3 amide bonds. The Morgan fingerprint density at radius 2 is 1.64 bits per heavy atom. The first kappa shape index (κ1) is 28.0. The van der Waals surface area contributed by atoms with E-state index >= 15 is 0 Å². The van der Waals surface area contributed by atoms with E-state index in [0.717, 1.165) is 0 Å². The van der Waals surface area contributed by atoms with E-state index in [1.165, 1.54) is 4.90 Å². The summed E-state index contributed by atoms with van der Waals surface area (Å²) in [5.74, 6) is 1.66. The highest BCUT2D eigenvalue weighted by Crippen LogP contribution is 2.24. The molecule has 0 saturated heterocycles. The van der Waals surface area contributed by atoms with Gasteiger partial charge in [0.15, 0.2) is 0 Å². The quantitative estimate of drug-likeness (QED) is 0.606. The zero-order valence-corrected chi connectivity index (χ0v) is 21.4. The van der Waals surface area contributed by atoms with Gasteiger partial charge in [0.25, 0.3) is 0 Å². The van der Waals surface area contributed by atoms with Crippen molar-refractivity contribution in [1.29, 1.82) is 0 Å². The van der Waals surface area contributed by atoms with E-state index < -0.39 is 29.3 Å². The standard InChI is InChI=1S/C26H39N3O4/c1-11-17(3)20(27-24(32)33-26(7,8)9)23(31)29(10)21(22(30)28-25(4,5)6)19-15-13-18(12-2)14-16-19/h2,13-17,20-21H,11H2,1,3-10H3,(H,27,32)(H,28,30). The Balaban J connectivity index is 3.33. The summed E-state index contributed by atoms with van der Waals surface area (Å²) in [5.41, 5.74) is 0.0917. The predicted molar refractivity (Wildman–Crippen MR) is 130 cm³/mol. The van der Waals surface area contributed by atoms with Gasteiger partial charge < -0.3 is 20.3 Å². The first-order chi connectivity index (χ1) is 15.1. The first-order valence-corrected chi connectivity index (χ1v) is 11.2. The summed E-state index contributed by atoms with van der Waals surface area (Å²) in [6.45, 7) is 14.7. The van der Waals surface area contributed by atoms with Crippen LogP contribution in [0.5, 0.6) is 0 Å². The van der Waals surface area contributed by atoms with Crippen LogP contribution in [-0.2, 0) is 14.3 Å². The molecule has 0 saturated carbocycles. The second-order valence-electron chi connectivity index (χ2n) is 10.4. The minimum absolute atomic E-state index is 0.178. The number of carbonyl (C=O) groups excluding carboxylic acids is 3. The molecule has 3 atom stereocenters. The van der Waals surface area contributed by atoms with Crippen molar-refractivity contribution in [2.75, 3.05) is 7.05 Å². The van der Waals surface area contributed by atoms with Crippen LogP contribution in [0.3, 0.4) is 0 Å². The Morgan fingerprint density at radius 1 is 1.09 bits per heavy atom. The van der Waals surface area contributed by atoms with Gasteiger partial charge in [-0.3, -0.25) is 9.59 Å². The van der Waals surface area contributed by atoms with Gasteiger partial charge in [-0.1, -0.05) is 38.3 Å². The Labute approximate surface area is 198 Å². The third-order valence-corrected chi connectivity index (χ3v) is 5.03. The molecule has 1 aromatic carbocycles. The maximum absolute atomic E-state index is 13.6. The fourth-order valence-electron chi connectivity index (χ4n) is 3.21. The molecule has 0 bridgehead atoms. The SMILES string of the molecule is C#Cc1ccc(C(C(=O)NC(C)(C)C)N(C)C(=O)C(NC(=O)OC(C)(C)C)C(C)CC)cc1. The molecule has 2 N–H and O–H groups in total. The number of likely N-dealkylation sites (N-methyl/N-ethyl adjacent to an activating group) is 1. The maximum Gasteiger partial charge on any atom is 0.408 e. The summed E-state index contributed by atoms with van der Waals surface area (Å²) in [4.78, 5) is 40.7. The van der Waals surface area contributed by atoms with E-state index in [9.17, 15) is 14.4 Å². The van der Waals surface area contributed by atoms with Crippen LogP contribution in [0.4, 0.5) is 4.79 Å². The Kier molecular flexibility index (Phi) is 9.53. The Morgan fingerprint density at radius 3 is 2.06 bits per heavy atom. The van der Waals surface area contributed by atoms with Crippen molar-refractivity contribution in [3.05, 3.63) is 35.4 Å². The number of terminal acetylenes is 1. The van der Waals surface area contributed by atoms with Crippen molar-refractivity contribution in [3.63, 3.8) is 0 Å². The molecule has 0 radical (unpaired) electrons. The lowest BCUT2D eigenvalue weighted by Gasteiger charge is -2.35. The Bertz CT molecular complexity index is 873. The normalized spacial score (nSPS) is 14.3. The molecule has 182 valence electrons. The van der Waals surface area contributed by atoms with Gasteiger partial charge in [-0.15, -0.1) is 6.42 Å². The molecule has 0 aliphatic heterocycles. The van der Waals surface area contributed by atoms with Crippen LogP contribution in [0.1, 0.15) is 79.0 Å². The lowest BCUT2D eigenvalue weighted by molar-refractivity contribution is -0.142. The molecule has 0 spiro atoms. The van der Waals surface area contributed by atoms with Crippen molar-refractivity contribution >= 4 is 17.9 Å². The average Bonchev–Trinajstić information content (AvgIpc) is 2.68. The number of nitrogens with one attached hydrogen (secondary N) is 2. The van der Waals surface area contributed by atoms with Crippen LogP contribution < -0.4 is 10.6 Å². The first-order valence-electron chi connectivity index (χ1n) is 11.2. The van der Waals surface area contributed by atoms with E-state index in [0.29, 0.717) is 17.5 Å². The van der Waals surface area contributed by atoms with E-state index in [1.807, 2.05) is 34.6 Å². The average molecular weight is 458 g/mol. The number of carbonyl (C=O) groups is 3. The molecule has 0 aromatic heterocycles. The smallest absolute Gasteiger partial charge is 0.408 e. The lowest BCUT2D eigenvalue weighted by Crippen LogP contribution is -2.55. The van der Waals surface area contributed by atoms with Gasteiger partial charge in [0.1, 0.15) is 17.7 Å². The molecule has 33 heavy (non-hydrogen) atoms. The number of nitrogens with zero attached hydrogens (tertiary/aromatic N) is 1. The zero-order valence-electron chi connectivity index (χ0n) is 21.4. The fourth-order valence-corrected chi connectivity index (χ4v) is 3.21. The molecular weight excluding hydrogens is 418 g/mol. The van der Waals surface area contributed by atoms with Crippen LogP contribution in [-0.4, -0.2) is 47.0 Å². The van der Waals surface area contributed by atoms with Gasteiger partial charge in [0.05, 0.1) is 0 Å². The summed E-state index contributed by atoms with van der Waals surface area (Å²) >= 11 is 0. The molecule has 0 aliphatic rings. The molecule has 3 unspecified atom stereocenters. The van der Waals surface area contributed by atoms with E-state index in [1.54, 1.807) is 52.1 Å². The Hall–Kier alpha value is -3.01. The highest BCUT2D eigenvalue weighted by atomic mass is 16.6. The number of benzene rings is 1. The summed E-state index contributed by atoms with van der Waals surface area (Å²) in [6.07, 6.45) is 5.43. The summed E-state index contributed by atoms with van der Waals surface area (Å²) in [7, 11) is 1.57. The van der Waals surface area contributed by atoms with Crippen LogP contribution in [0.25, 0.3) is 0 Å². The number of rotatable bonds is 7. The van der Waals surface area contributed by atoms with E-state index in [2.05, 4.69) is 16.6 Å². The molecule has 1 aromatic rings. The van der Waals surface area contributed by atoms with Crippen molar-refractivity contribution < 1.29 is 19.1 Å². The van der Waals surface area contributed by atoms with Crippen molar-refractivity contribution in [1.82, 2.24) is 15.5 Å². The summed E-state index contributed by atoms with van der Waals surface area (Å²) in [6, 6.07) is 5.18. The second-order valence-corrected chi connectivity index (χ2v) is 10.4.